The van der Waals surface area contributed by atoms with Gasteiger partial charge in [-0.1, -0.05) is 32.5 Å². The van der Waals surface area contributed by atoms with Crippen LogP contribution in [0.25, 0.3) is 0 Å². The van der Waals surface area contributed by atoms with Crippen molar-refractivity contribution in [2.24, 2.45) is 0 Å². The summed E-state index contributed by atoms with van der Waals surface area (Å²) in [4.78, 5) is 24.7. The zero-order valence-electron chi connectivity index (χ0n) is 11.9. The maximum atomic E-state index is 11.9. The minimum atomic E-state index is -0.213. The average molecular weight is 297 g/mol. The molecule has 0 spiro atoms. The highest BCUT2D eigenvalue weighted by molar-refractivity contribution is 7.99. The molecule has 8 heteroatoms. The van der Waals surface area contributed by atoms with Crippen LogP contribution < -0.4 is 5.84 Å². The zero-order valence-corrected chi connectivity index (χ0v) is 12.7. The summed E-state index contributed by atoms with van der Waals surface area (Å²) in [5, 5.41) is 8.53. The quantitative estimate of drug-likeness (QED) is 0.646. The van der Waals surface area contributed by atoms with E-state index in [-0.39, 0.29) is 23.0 Å². The fraction of sp³-hybridized carbons (Fsp3) is 0.667. The number of likely N-dealkylation sites (tertiary alicyclic amines) is 1. The highest BCUT2D eigenvalue weighted by Crippen LogP contribution is 2.23. The van der Waals surface area contributed by atoms with E-state index >= 15 is 0 Å². The summed E-state index contributed by atoms with van der Waals surface area (Å²) in [6.07, 6.45) is 1.20. The molecule has 0 radical (unpaired) electrons. The minimum absolute atomic E-state index is 0.0970. The molecule has 0 bridgehead atoms. The van der Waals surface area contributed by atoms with Crippen LogP contribution in [0.2, 0.25) is 0 Å². The number of nitrogens with zero attached hydrogens (tertiary/aromatic N) is 4. The molecule has 2 amide bonds. The number of amides is 2. The lowest BCUT2D eigenvalue weighted by Crippen LogP contribution is -2.33. The number of thioether (sulfide) groups is 1. The average Bonchev–Trinajstić information content (AvgIpc) is 2.92. The van der Waals surface area contributed by atoms with Gasteiger partial charge < -0.3 is 5.84 Å². The van der Waals surface area contributed by atoms with Crippen molar-refractivity contribution in [3.05, 3.63) is 5.82 Å². The van der Waals surface area contributed by atoms with E-state index in [9.17, 15) is 9.59 Å². The van der Waals surface area contributed by atoms with E-state index in [1.165, 1.54) is 21.3 Å². The van der Waals surface area contributed by atoms with Gasteiger partial charge in [-0.15, -0.1) is 10.2 Å². The maximum Gasteiger partial charge on any atom is 0.239 e. The number of aromatic nitrogens is 3. The number of carbonyl (C=O) groups excluding carboxylic acids is 2. The fourth-order valence-electron chi connectivity index (χ4n) is 2.00. The van der Waals surface area contributed by atoms with Gasteiger partial charge in [0.25, 0.3) is 0 Å². The second-order valence-corrected chi connectivity index (χ2v) is 6.70. The zero-order chi connectivity index (χ0) is 14.9. The smallest absolute Gasteiger partial charge is 0.239 e. The Labute approximate surface area is 121 Å². The molecule has 110 valence electrons. The van der Waals surface area contributed by atoms with Gasteiger partial charge in [0.05, 0.1) is 5.75 Å². The standard InChI is InChI=1S/C12H19N5O2S/c1-12(2,3)10-14-15-11(17(10)13)20-7-9(19)16-6-4-5-8(16)18/h4-7,13H2,1-3H3. The van der Waals surface area contributed by atoms with E-state index in [1.807, 2.05) is 20.8 Å². The Bertz CT molecular complexity index is 534. The van der Waals surface area contributed by atoms with E-state index in [2.05, 4.69) is 10.2 Å². The Morgan fingerprint density at radius 1 is 1.40 bits per heavy atom. The van der Waals surface area contributed by atoms with E-state index < -0.39 is 0 Å². The van der Waals surface area contributed by atoms with Crippen LogP contribution in [0.15, 0.2) is 5.16 Å². The predicted octanol–water partition coefficient (Wildman–Crippen LogP) is 0.531. The number of nitrogens with two attached hydrogens (primary N) is 1. The van der Waals surface area contributed by atoms with Gasteiger partial charge in [-0.05, 0) is 6.42 Å². The molecule has 2 rings (SSSR count). The Morgan fingerprint density at radius 3 is 2.60 bits per heavy atom. The lowest BCUT2D eigenvalue weighted by molar-refractivity contribution is -0.140. The second-order valence-electron chi connectivity index (χ2n) is 5.76. The first-order valence-corrected chi connectivity index (χ1v) is 7.46. The Morgan fingerprint density at radius 2 is 2.10 bits per heavy atom. The molecule has 0 aliphatic carbocycles. The van der Waals surface area contributed by atoms with E-state index in [1.54, 1.807) is 0 Å². The summed E-state index contributed by atoms with van der Waals surface area (Å²) in [5.74, 6) is 6.44. The van der Waals surface area contributed by atoms with Crippen LogP contribution in [0.4, 0.5) is 0 Å². The summed E-state index contributed by atoms with van der Waals surface area (Å²) < 4.78 is 1.41. The Hall–Kier alpha value is -1.57. The predicted molar refractivity (Wildman–Crippen MR) is 75.6 cm³/mol. The number of rotatable bonds is 3. The number of hydrogen-bond acceptors (Lipinski definition) is 6. The number of carbonyl (C=O) groups is 2. The summed E-state index contributed by atoms with van der Waals surface area (Å²) in [5.41, 5.74) is -0.213. The van der Waals surface area contributed by atoms with Crippen LogP contribution in [0.1, 0.15) is 39.4 Å². The first-order chi connectivity index (χ1) is 9.30. The van der Waals surface area contributed by atoms with E-state index in [0.717, 1.165) is 6.42 Å². The van der Waals surface area contributed by atoms with Gasteiger partial charge >= 0.3 is 0 Å². The van der Waals surface area contributed by atoms with Crippen LogP contribution >= 0.6 is 11.8 Å². The Kier molecular flexibility index (Phi) is 4.03. The van der Waals surface area contributed by atoms with Gasteiger partial charge in [0.2, 0.25) is 17.0 Å². The minimum Gasteiger partial charge on any atom is -0.336 e. The summed E-state index contributed by atoms with van der Waals surface area (Å²) in [6.45, 7) is 6.48. The molecular formula is C12H19N5O2S. The molecule has 7 nitrogen and oxygen atoms in total. The van der Waals surface area contributed by atoms with Crippen LogP contribution in [-0.2, 0) is 15.0 Å². The topological polar surface area (TPSA) is 94.1 Å². The molecule has 1 saturated heterocycles. The summed E-state index contributed by atoms with van der Waals surface area (Å²) >= 11 is 1.20. The van der Waals surface area contributed by atoms with Gasteiger partial charge in [0, 0.05) is 18.4 Å². The molecule has 1 aliphatic heterocycles. The van der Waals surface area contributed by atoms with Crippen LogP contribution in [0.5, 0.6) is 0 Å². The highest BCUT2D eigenvalue weighted by atomic mass is 32.2. The maximum absolute atomic E-state index is 11.9. The SMILES string of the molecule is CC(C)(C)c1nnc(SCC(=O)N2CCCC2=O)n1N. The molecule has 0 atom stereocenters. The van der Waals surface area contributed by atoms with Crippen molar-refractivity contribution < 1.29 is 9.59 Å². The van der Waals surface area contributed by atoms with Crippen LogP contribution in [-0.4, -0.2) is 43.9 Å². The molecule has 1 fully saturated rings. The van der Waals surface area contributed by atoms with Crippen LogP contribution in [0, 0.1) is 0 Å². The molecule has 0 saturated carbocycles. The number of nitrogen functional groups attached to an aromatic ring is 1. The molecule has 2 N–H and O–H groups in total. The number of imide groups is 1. The first kappa shape index (κ1) is 14.8. The van der Waals surface area contributed by atoms with Crippen molar-refractivity contribution in [2.45, 2.75) is 44.2 Å². The van der Waals surface area contributed by atoms with Gasteiger partial charge in [-0.3, -0.25) is 14.5 Å². The lowest BCUT2D eigenvalue weighted by atomic mass is 9.96. The van der Waals surface area contributed by atoms with E-state index in [0.29, 0.717) is 23.9 Å². The molecule has 2 heterocycles. The van der Waals surface area contributed by atoms with E-state index in [4.69, 9.17) is 5.84 Å². The van der Waals surface area contributed by atoms with Crippen molar-refractivity contribution in [3.8, 4) is 0 Å². The van der Waals surface area contributed by atoms with Gasteiger partial charge in [-0.2, -0.15) is 0 Å². The molecule has 1 aliphatic rings. The third kappa shape index (κ3) is 2.95. The van der Waals surface area contributed by atoms with Crippen molar-refractivity contribution in [1.82, 2.24) is 19.8 Å². The van der Waals surface area contributed by atoms with Crippen molar-refractivity contribution >= 4 is 23.6 Å². The molecule has 20 heavy (non-hydrogen) atoms. The third-order valence-electron chi connectivity index (χ3n) is 3.03. The largest absolute Gasteiger partial charge is 0.336 e. The second kappa shape index (κ2) is 5.43. The summed E-state index contributed by atoms with van der Waals surface area (Å²) in [6, 6.07) is 0. The van der Waals surface area contributed by atoms with Gasteiger partial charge in [-0.25, -0.2) is 4.68 Å². The number of hydrogen-bond donors (Lipinski definition) is 1. The van der Waals surface area contributed by atoms with Crippen molar-refractivity contribution in [1.29, 1.82) is 0 Å². The molecule has 0 aromatic carbocycles. The molecule has 1 aromatic heterocycles. The normalized spacial score (nSPS) is 15.9. The fourth-order valence-corrected chi connectivity index (χ4v) is 2.74. The Balaban J connectivity index is 2.00. The molecule has 1 aromatic rings. The van der Waals surface area contributed by atoms with Gasteiger partial charge in [0.1, 0.15) is 0 Å². The highest BCUT2D eigenvalue weighted by Gasteiger charge is 2.27. The van der Waals surface area contributed by atoms with Gasteiger partial charge in [0.15, 0.2) is 5.82 Å². The van der Waals surface area contributed by atoms with Crippen molar-refractivity contribution in [2.75, 3.05) is 18.1 Å². The molecular weight excluding hydrogens is 278 g/mol. The van der Waals surface area contributed by atoms with Crippen LogP contribution in [0.3, 0.4) is 0 Å². The first-order valence-electron chi connectivity index (χ1n) is 6.47. The molecule has 0 unspecified atom stereocenters. The monoisotopic (exact) mass is 297 g/mol. The third-order valence-corrected chi connectivity index (χ3v) is 3.96. The summed E-state index contributed by atoms with van der Waals surface area (Å²) in [7, 11) is 0. The van der Waals surface area contributed by atoms with Crippen molar-refractivity contribution in [3.63, 3.8) is 0 Å². The lowest BCUT2D eigenvalue weighted by Gasteiger charge is -2.16.